The van der Waals surface area contributed by atoms with E-state index in [1.54, 1.807) is 12.1 Å². The molecular formula is C25H23FN2O4S. The van der Waals surface area contributed by atoms with Crippen LogP contribution in [0, 0.1) is 5.82 Å². The van der Waals surface area contributed by atoms with E-state index in [1.807, 2.05) is 30.3 Å². The standard InChI is InChI=1S/C25H23FN2O4S/c1-32-21-14-18(26)8-9-22(21)33(30,31)28-19-13-17(12-16-6-3-2-4-7-16)23-20(15-19)25(10-5-11-25)24(29)27-23/h2-4,6-9,13-15,28H,5,10-12H2,1H3,(H,27,29). The van der Waals surface area contributed by atoms with Crippen LogP contribution >= 0.6 is 0 Å². The second-order valence-electron chi connectivity index (χ2n) is 8.51. The fourth-order valence-corrected chi connectivity index (χ4v) is 5.89. The van der Waals surface area contributed by atoms with Crippen molar-refractivity contribution < 1.29 is 22.3 Å². The predicted molar refractivity (Wildman–Crippen MR) is 124 cm³/mol. The minimum Gasteiger partial charge on any atom is -0.495 e. The number of sulfonamides is 1. The lowest BCUT2D eigenvalue weighted by Crippen LogP contribution is -2.40. The van der Waals surface area contributed by atoms with Crippen LogP contribution in [0.15, 0.2) is 65.6 Å². The van der Waals surface area contributed by atoms with Crippen molar-refractivity contribution in [3.8, 4) is 5.75 Å². The summed E-state index contributed by atoms with van der Waals surface area (Å²) in [6.45, 7) is 0. The van der Waals surface area contributed by atoms with Gasteiger partial charge in [0.05, 0.1) is 12.5 Å². The number of fused-ring (bicyclic) bond motifs is 2. The molecule has 0 atom stereocenters. The van der Waals surface area contributed by atoms with E-state index in [4.69, 9.17) is 4.74 Å². The van der Waals surface area contributed by atoms with Gasteiger partial charge in [0.25, 0.3) is 10.0 Å². The first kappa shape index (κ1) is 21.5. The number of rotatable bonds is 6. The second-order valence-corrected chi connectivity index (χ2v) is 10.2. The second kappa shape index (κ2) is 7.88. The smallest absolute Gasteiger partial charge is 0.265 e. The maximum absolute atomic E-state index is 13.6. The minimum absolute atomic E-state index is 0.0294. The van der Waals surface area contributed by atoms with Gasteiger partial charge < -0.3 is 10.1 Å². The number of amides is 1. The predicted octanol–water partition coefficient (Wildman–Crippen LogP) is 4.60. The number of halogens is 1. The maximum atomic E-state index is 13.6. The number of carbonyl (C=O) groups excluding carboxylic acids is 1. The number of ether oxygens (including phenoxy) is 1. The third-order valence-corrected chi connectivity index (χ3v) is 7.94. The van der Waals surface area contributed by atoms with Crippen molar-refractivity contribution in [2.75, 3.05) is 17.1 Å². The molecule has 0 radical (unpaired) electrons. The molecule has 0 bridgehead atoms. The highest BCUT2D eigenvalue weighted by Gasteiger charge is 2.51. The lowest BCUT2D eigenvalue weighted by molar-refractivity contribution is -0.123. The summed E-state index contributed by atoms with van der Waals surface area (Å²) in [5, 5.41) is 3.05. The molecule has 3 aromatic carbocycles. The molecule has 2 N–H and O–H groups in total. The Bertz CT molecular complexity index is 1350. The molecule has 8 heteroatoms. The number of methoxy groups -OCH3 is 1. The van der Waals surface area contributed by atoms with Crippen LogP contribution in [0.1, 0.15) is 36.0 Å². The molecule has 1 fully saturated rings. The lowest BCUT2D eigenvalue weighted by atomic mass is 9.65. The molecule has 1 aliphatic heterocycles. The van der Waals surface area contributed by atoms with Crippen molar-refractivity contribution in [3.63, 3.8) is 0 Å². The van der Waals surface area contributed by atoms with Crippen LogP contribution in [0.5, 0.6) is 5.75 Å². The summed E-state index contributed by atoms with van der Waals surface area (Å²) < 4.78 is 47.6. The topological polar surface area (TPSA) is 84.5 Å². The Morgan fingerprint density at radius 2 is 1.85 bits per heavy atom. The Balaban J connectivity index is 1.59. The van der Waals surface area contributed by atoms with E-state index in [9.17, 15) is 17.6 Å². The van der Waals surface area contributed by atoms with Gasteiger partial charge in [-0.2, -0.15) is 0 Å². The molecular weight excluding hydrogens is 443 g/mol. The number of anilines is 2. The highest BCUT2D eigenvalue weighted by molar-refractivity contribution is 7.92. The zero-order chi connectivity index (χ0) is 23.2. The third-order valence-electron chi connectivity index (χ3n) is 6.52. The summed E-state index contributed by atoms with van der Waals surface area (Å²) in [5.41, 5.74) is 3.23. The molecule has 1 amide bonds. The molecule has 6 nitrogen and oxygen atoms in total. The number of nitrogens with one attached hydrogen (secondary N) is 2. The van der Waals surface area contributed by atoms with Crippen molar-refractivity contribution in [2.24, 2.45) is 0 Å². The molecule has 3 aromatic rings. The highest BCUT2D eigenvalue weighted by Crippen LogP contribution is 2.53. The summed E-state index contributed by atoms with van der Waals surface area (Å²) in [5.74, 6) is -0.705. The van der Waals surface area contributed by atoms with Crippen LogP contribution in [0.3, 0.4) is 0 Å². The third kappa shape index (κ3) is 3.64. The number of benzene rings is 3. The summed E-state index contributed by atoms with van der Waals surface area (Å²) in [6, 6.07) is 16.6. The van der Waals surface area contributed by atoms with Gasteiger partial charge >= 0.3 is 0 Å². The van der Waals surface area contributed by atoms with Crippen LogP contribution in [0.4, 0.5) is 15.8 Å². The Morgan fingerprint density at radius 3 is 2.52 bits per heavy atom. The van der Waals surface area contributed by atoms with Crippen LogP contribution < -0.4 is 14.8 Å². The first-order valence-electron chi connectivity index (χ1n) is 10.7. The summed E-state index contributed by atoms with van der Waals surface area (Å²) >= 11 is 0. The van der Waals surface area contributed by atoms with Crippen molar-refractivity contribution in [2.45, 2.75) is 36.0 Å². The molecule has 0 saturated heterocycles. The van der Waals surface area contributed by atoms with Gasteiger partial charge in [-0.1, -0.05) is 36.8 Å². The number of carbonyl (C=O) groups is 1. The van der Waals surface area contributed by atoms with Crippen molar-refractivity contribution >= 4 is 27.3 Å². The van der Waals surface area contributed by atoms with Gasteiger partial charge in [-0.05, 0) is 60.2 Å². The van der Waals surface area contributed by atoms with Crippen molar-refractivity contribution in [3.05, 3.63) is 83.2 Å². The molecule has 1 spiro atoms. The molecule has 170 valence electrons. The van der Waals surface area contributed by atoms with Gasteiger partial charge in [0.2, 0.25) is 5.91 Å². The van der Waals surface area contributed by atoms with Crippen LogP contribution in [-0.4, -0.2) is 21.4 Å². The number of hydrogen-bond donors (Lipinski definition) is 2. The zero-order valence-corrected chi connectivity index (χ0v) is 18.8. The molecule has 0 unspecified atom stereocenters. The van der Waals surface area contributed by atoms with Gasteiger partial charge in [-0.15, -0.1) is 0 Å². The van der Waals surface area contributed by atoms with Gasteiger partial charge in [-0.3, -0.25) is 9.52 Å². The minimum atomic E-state index is -4.07. The van der Waals surface area contributed by atoms with E-state index in [1.165, 1.54) is 13.2 Å². The monoisotopic (exact) mass is 466 g/mol. The first-order chi connectivity index (χ1) is 15.8. The van der Waals surface area contributed by atoms with E-state index >= 15 is 0 Å². The van der Waals surface area contributed by atoms with E-state index in [0.717, 1.165) is 53.8 Å². The molecule has 33 heavy (non-hydrogen) atoms. The van der Waals surface area contributed by atoms with Gasteiger partial charge in [0.1, 0.15) is 16.5 Å². The van der Waals surface area contributed by atoms with Crippen LogP contribution in [-0.2, 0) is 26.7 Å². The van der Waals surface area contributed by atoms with Crippen molar-refractivity contribution in [1.29, 1.82) is 0 Å². The van der Waals surface area contributed by atoms with Crippen molar-refractivity contribution in [1.82, 2.24) is 0 Å². The Morgan fingerprint density at radius 1 is 1.09 bits per heavy atom. The first-order valence-corrected chi connectivity index (χ1v) is 12.2. The molecule has 1 saturated carbocycles. The van der Waals surface area contributed by atoms with Crippen LogP contribution in [0.25, 0.3) is 0 Å². The normalized spacial score (nSPS) is 16.1. The highest BCUT2D eigenvalue weighted by atomic mass is 32.2. The fraction of sp³-hybridized carbons (Fsp3) is 0.240. The molecule has 1 aliphatic carbocycles. The average molecular weight is 467 g/mol. The Labute approximate surface area is 191 Å². The maximum Gasteiger partial charge on any atom is 0.265 e. The number of hydrogen-bond acceptors (Lipinski definition) is 4. The van der Waals surface area contributed by atoms with Gasteiger partial charge in [-0.25, -0.2) is 12.8 Å². The Kier molecular flexibility index (Phi) is 5.12. The molecule has 1 heterocycles. The van der Waals surface area contributed by atoms with E-state index < -0.39 is 21.3 Å². The summed E-state index contributed by atoms with van der Waals surface area (Å²) in [6.07, 6.45) is 2.95. The summed E-state index contributed by atoms with van der Waals surface area (Å²) in [7, 11) is -2.78. The summed E-state index contributed by atoms with van der Waals surface area (Å²) in [4.78, 5) is 12.7. The fourth-order valence-electron chi connectivity index (χ4n) is 4.70. The van der Waals surface area contributed by atoms with E-state index in [-0.39, 0.29) is 16.6 Å². The largest absolute Gasteiger partial charge is 0.495 e. The van der Waals surface area contributed by atoms with E-state index in [0.29, 0.717) is 12.1 Å². The molecule has 2 aliphatic rings. The SMILES string of the molecule is COc1cc(F)ccc1S(=O)(=O)Nc1cc(Cc2ccccc2)c2c(c1)C1(CCC1)C(=O)N2. The van der Waals surface area contributed by atoms with Gasteiger partial charge in [0.15, 0.2) is 0 Å². The van der Waals surface area contributed by atoms with E-state index in [2.05, 4.69) is 10.0 Å². The Hall–Kier alpha value is -3.39. The molecule has 5 rings (SSSR count). The zero-order valence-electron chi connectivity index (χ0n) is 18.0. The quantitative estimate of drug-likeness (QED) is 0.556. The van der Waals surface area contributed by atoms with Gasteiger partial charge in [0, 0.05) is 17.4 Å². The average Bonchev–Trinajstić information content (AvgIpc) is 3.06. The van der Waals surface area contributed by atoms with Crippen LogP contribution in [0.2, 0.25) is 0 Å². The lowest BCUT2D eigenvalue weighted by Gasteiger charge is -2.36. The molecule has 0 aromatic heterocycles.